The van der Waals surface area contributed by atoms with E-state index in [0.29, 0.717) is 0 Å². The predicted octanol–water partition coefficient (Wildman–Crippen LogP) is 3.16. The van der Waals surface area contributed by atoms with Gasteiger partial charge in [0.15, 0.2) is 0 Å². The Morgan fingerprint density at radius 3 is 2.18 bits per heavy atom. The van der Waals surface area contributed by atoms with Crippen LogP contribution in [-0.2, 0) is 4.74 Å². The minimum atomic E-state index is -0.0116. The van der Waals surface area contributed by atoms with Crippen molar-refractivity contribution in [3.05, 3.63) is 11.6 Å². The van der Waals surface area contributed by atoms with Crippen LogP contribution in [-0.4, -0.2) is 12.2 Å². The van der Waals surface area contributed by atoms with E-state index in [1.54, 1.807) is 0 Å². The van der Waals surface area contributed by atoms with Crippen molar-refractivity contribution in [2.45, 2.75) is 46.6 Å². The maximum Gasteiger partial charge on any atom is 0.0809 e. The molecule has 11 heavy (non-hydrogen) atoms. The lowest BCUT2D eigenvalue weighted by molar-refractivity contribution is 0.0114. The summed E-state index contributed by atoms with van der Waals surface area (Å²) < 4.78 is 5.46. The molecule has 0 saturated carbocycles. The molecule has 0 aliphatic carbocycles. The molecule has 0 radical (unpaired) electrons. The first-order valence-electron chi connectivity index (χ1n) is 4.42. The van der Waals surface area contributed by atoms with Gasteiger partial charge in [-0.2, -0.15) is 0 Å². The minimum Gasteiger partial charge on any atom is -0.371 e. The highest BCUT2D eigenvalue weighted by atomic mass is 16.5. The third-order valence-corrected chi connectivity index (χ3v) is 1.56. The molecular formula is C10H20O. The Balaban J connectivity index is 0.000000461. The molecule has 0 saturated heterocycles. The van der Waals surface area contributed by atoms with Crippen molar-refractivity contribution in [2.24, 2.45) is 0 Å². The Hall–Kier alpha value is -0.300. The minimum absolute atomic E-state index is 0.0116. The summed E-state index contributed by atoms with van der Waals surface area (Å²) in [6.45, 7) is 11.2. The number of ether oxygens (including phenoxy) is 1. The monoisotopic (exact) mass is 156 g/mol. The average molecular weight is 156 g/mol. The van der Waals surface area contributed by atoms with Crippen molar-refractivity contribution < 1.29 is 4.74 Å². The fourth-order valence-electron chi connectivity index (χ4n) is 1.18. The molecule has 1 rings (SSSR count). The molecule has 0 atom stereocenters. The van der Waals surface area contributed by atoms with Gasteiger partial charge >= 0.3 is 0 Å². The van der Waals surface area contributed by atoms with Crippen molar-refractivity contribution in [3.8, 4) is 0 Å². The van der Waals surface area contributed by atoms with Crippen molar-refractivity contribution in [1.29, 1.82) is 0 Å². The second kappa shape index (κ2) is 4.55. The molecule has 1 heterocycles. The van der Waals surface area contributed by atoms with Crippen molar-refractivity contribution in [3.63, 3.8) is 0 Å². The topological polar surface area (TPSA) is 9.23 Å². The molecule has 1 heteroatoms. The summed E-state index contributed by atoms with van der Waals surface area (Å²) in [5, 5.41) is 0. The van der Waals surface area contributed by atoms with Crippen LogP contribution in [0.15, 0.2) is 11.6 Å². The third-order valence-electron chi connectivity index (χ3n) is 1.56. The van der Waals surface area contributed by atoms with Crippen LogP contribution in [0.1, 0.15) is 41.0 Å². The van der Waals surface area contributed by atoms with E-state index in [-0.39, 0.29) is 5.60 Å². The third kappa shape index (κ3) is 4.20. The van der Waals surface area contributed by atoms with Crippen molar-refractivity contribution in [1.82, 2.24) is 0 Å². The number of hydrogen-bond donors (Lipinski definition) is 0. The van der Waals surface area contributed by atoms with Gasteiger partial charge in [0.05, 0.1) is 12.2 Å². The zero-order valence-electron chi connectivity index (χ0n) is 8.40. The van der Waals surface area contributed by atoms with E-state index in [0.717, 1.165) is 13.0 Å². The summed E-state index contributed by atoms with van der Waals surface area (Å²) in [6.07, 6.45) is 3.29. The van der Waals surface area contributed by atoms with Crippen LogP contribution in [0, 0.1) is 0 Å². The van der Waals surface area contributed by atoms with Crippen LogP contribution in [0.4, 0.5) is 0 Å². The predicted molar refractivity (Wildman–Crippen MR) is 49.8 cm³/mol. The molecule has 0 aromatic carbocycles. The van der Waals surface area contributed by atoms with Gasteiger partial charge in [0, 0.05) is 0 Å². The van der Waals surface area contributed by atoms with E-state index in [4.69, 9.17) is 4.74 Å². The van der Waals surface area contributed by atoms with Gasteiger partial charge in [0.25, 0.3) is 0 Å². The molecule has 0 amide bonds. The van der Waals surface area contributed by atoms with Crippen LogP contribution in [0.5, 0.6) is 0 Å². The van der Waals surface area contributed by atoms with Crippen LogP contribution in [0.3, 0.4) is 0 Å². The van der Waals surface area contributed by atoms with Gasteiger partial charge in [0.2, 0.25) is 0 Å². The summed E-state index contributed by atoms with van der Waals surface area (Å²) in [5.41, 5.74) is 1.44. The fourth-order valence-corrected chi connectivity index (χ4v) is 1.18. The molecule has 66 valence electrons. The van der Waals surface area contributed by atoms with Crippen molar-refractivity contribution >= 4 is 0 Å². The Labute approximate surface area is 70.4 Å². The molecule has 0 aromatic rings. The molecule has 0 aromatic heterocycles. The molecule has 0 bridgehead atoms. The lowest BCUT2D eigenvalue weighted by atomic mass is 10.0. The lowest BCUT2D eigenvalue weighted by Crippen LogP contribution is -2.25. The summed E-state index contributed by atoms with van der Waals surface area (Å²) in [7, 11) is 0. The summed E-state index contributed by atoms with van der Waals surface area (Å²) >= 11 is 0. The summed E-state index contributed by atoms with van der Waals surface area (Å²) in [4.78, 5) is 0. The van der Waals surface area contributed by atoms with Crippen molar-refractivity contribution in [2.75, 3.05) is 6.61 Å². The van der Waals surface area contributed by atoms with Crippen LogP contribution < -0.4 is 0 Å². The lowest BCUT2D eigenvalue weighted by Gasteiger charge is -2.26. The van der Waals surface area contributed by atoms with E-state index in [2.05, 4.69) is 26.8 Å². The van der Waals surface area contributed by atoms with Gasteiger partial charge in [-0.3, -0.25) is 0 Å². The van der Waals surface area contributed by atoms with Gasteiger partial charge in [-0.1, -0.05) is 25.5 Å². The Morgan fingerprint density at radius 2 is 1.91 bits per heavy atom. The first-order chi connectivity index (χ1) is 5.10. The molecule has 1 aliphatic heterocycles. The second-order valence-electron chi connectivity index (χ2n) is 3.19. The van der Waals surface area contributed by atoms with E-state index < -0.39 is 0 Å². The largest absolute Gasteiger partial charge is 0.371 e. The highest BCUT2D eigenvalue weighted by Crippen LogP contribution is 2.20. The highest BCUT2D eigenvalue weighted by Gasteiger charge is 2.18. The fraction of sp³-hybridized carbons (Fsp3) is 0.800. The maximum absolute atomic E-state index is 5.46. The normalized spacial score (nSPS) is 21.4. The van der Waals surface area contributed by atoms with Gasteiger partial charge in [0.1, 0.15) is 0 Å². The van der Waals surface area contributed by atoms with Gasteiger partial charge in [-0.25, -0.2) is 0 Å². The first-order valence-corrected chi connectivity index (χ1v) is 4.42. The standard InChI is InChI=1S/C8H14O.C2H6/c1-7-4-5-9-8(2,3)6-7;1-2/h6H,4-5H2,1-3H3;1-2H3. The van der Waals surface area contributed by atoms with Crippen LogP contribution in [0.2, 0.25) is 0 Å². The number of rotatable bonds is 0. The molecule has 0 N–H and O–H groups in total. The molecule has 1 aliphatic rings. The van der Waals surface area contributed by atoms with Gasteiger partial charge < -0.3 is 4.74 Å². The second-order valence-corrected chi connectivity index (χ2v) is 3.19. The highest BCUT2D eigenvalue weighted by molar-refractivity contribution is 5.09. The zero-order chi connectivity index (χ0) is 8.91. The quantitative estimate of drug-likeness (QED) is 0.489. The average Bonchev–Trinajstić information content (AvgIpc) is 1.89. The Kier molecular flexibility index (Phi) is 4.43. The van der Waals surface area contributed by atoms with E-state index in [1.165, 1.54) is 5.57 Å². The number of hydrogen-bond acceptors (Lipinski definition) is 1. The molecule has 0 unspecified atom stereocenters. The molecular weight excluding hydrogens is 136 g/mol. The SMILES string of the molecule is CC.CC1=CC(C)(C)OCC1. The Bertz CT molecular complexity index is 134. The summed E-state index contributed by atoms with van der Waals surface area (Å²) in [5.74, 6) is 0. The first kappa shape index (κ1) is 10.7. The maximum atomic E-state index is 5.46. The van der Waals surface area contributed by atoms with Gasteiger partial charge in [-0.05, 0) is 27.2 Å². The Morgan fingerprint density at radius 1 is 1.36 bits per heavy atom. The van der Waals surface area contributed by atoms with Crippen LogP contribution >= 0.6 is 0 Å². The summed E-state index contributed by atoms with van der Waals surface area (Å²) in [6, 6.07) is 0. The molecule has 0 spiro atoms. The zero-order valence-corrected chi connectivity index (χ0v) is 8.40. The van der Waals surface area contributed by atoms with E-state index in [1.807, 2.05) is 13.8 Å². The van der Waals surface area contributed by atoms with E-state index >= 15 is 0 Å². The van der Waals surface area contributed by atoms with E-state index in [9.17, 15) is 0 Å². The molecule has 1 nitrogen and oxygen atoms in total. The van der Waals surface area contributed by atoms with Crippen LogP contribution in [0.25, 0.3) is 0 Å². The molecule has 0 fully saturated rings. The smallest absolute Gasteiger partial charge is 0.0809 e. The van der Waals surface area contributed by atoms with Gasteiger partial charge in [-0.15, -0.1) is 0 Å².